The minimum atomic E-state index is 0.139. The number of hydrogen-bond donors (Lipinski definition) is 1. The van der Waals surface area contributed by atoms with Gasteiger partial charge in [-0.2, -0.15) is 0 Å². The molecular weight excluding hydrogens is 356 g/mol. The SMILES string of the molecule is CC.O=C(c1ccc(C#Cc2ccccc2)cc1)N1CCC(NC2CCC2)CC1. The maximum Gasteiger partial charge on any atom is 0.253 e. The Morgan fingerprint density at radius 1 is 0.828 bits per heavy atom. The van der Waals surface area contributed by atoms with E-state index in [9.17, 15) is 4.79 Å². The molecule has 0 aromatic heterocycles. The summed E-state index contributed by atoms with van der Waals surface area (Å²) in [6, 6.07) is 18.9. The summed E-state index contributed by atoms with van der Waals surface area (Å²) in [5, 5.41) is 3.74. The molecule has 0 spiro atoms. The van der Waals surface area contributed by atoms with Crippen molar-refractivity contribution in [1.29, 1.82) is 0 Å². The van der Waals surface area contributed by atoms with Crippen molar-refractivity contribution in [2.24, 2.45) is 0 Å². The van der Waals surface area contributed by atoms with E-state index in [-0.39, 0.29) is 5.91 Å². The Hall–Kier alpha value is -2.57. The molecule has 0 radical (unpaired) electrons. The van der Waals surface area contributed by atoms with Crippen molar-refractivity contribution in [3.8, 4) is 11.8 Å². The number of carbonyl (C=O) groups is 1. The zero-order valence-corrected chi connectivity index (χ0v) is 17.7. The standard InChI is InChI=1S/C24H26N2O.C2H6/c27-24(26-17-15-23(16-18-26)25-22-7-4-8-22)21-13-11-20(12-14-21)10-9-19-5-2-1-3-6-19;1-2/h1-3,5-6,11-14,22-23,25H,4,7-8,15-18H2;1-2H3. The van der Waals surface area contributed by atoms with Gasteiger partial charge >= 0.3 is 0 Å². The van der Waals surface area contributed by atoms with E-state index < -0.39 is 0 Å². The molecule has 3 nitrogen and oxygen atoms in total. The van der Waals surface area contributed by atoms with Gasteiger partial charge in [0.25, 0.3) is 5.91 Å². The largest absolute Gasteiger partial charge is 0.339 e. The number of nitrogens with one attached hydrogen (secondary N) is 1. The number of nitrogens with zero attached hydrogens (tertiary/aromatic N) is 1. The van der Waals surface area contributed by atoms with Crippen LogP contribution in [0.2, 0.25) is 0 Å². The second-order valence-corrected chi connectivity index (χ2v) is 7.55. The normalized spacial score (nSPS) is 16.7. The topological polar surface area (TPSA) is 32.3 Å². The molecular formula is C26H32N2O. The van der Waals surface area contributed by atoms with Crippen LogP contribution in [0.15, 0.2) is 54.6 Å². The molecule has 0 unspecified atom stereocenters. The van der Waals surface area contributed by atoms with E-state index in [4.69, 9.17) is 0 Å². The number of rotatable bonds is 3. The first-order valence-corrected chi connectivity index (χ1v) is 11.0. The van der Waals surface area contributed by atoms with E-state index in [0.29, 0.717) is 6.04 Å². The van der Waals surface area contributed by atoms with E-state index in [1.807, 2.05) is 73.3 Å². The lowest BCUT2D eigenvalue weighted by atomic mass is 9.91. The molecule has 0 bridgehead atoms. The summed E-state index contributed by atoms with van der Waals surface area (Å²) in [7, 11) is 0. The van der Waals surface area contributed by atoms with Gasteiger partial charge in [0.2, 0.25) is 0 Å². The maximum atomic E-state index is 12.8. The lowest BCUT2D eigenvalue weighted by Gasteiger charge is -2.37. The average molecular weight is 389 g/mol. The van der Waals surface area contributed by atoms with Gasteiger partial charge in [-0.15, -0.1) is 0 Å². The molecule has 1 amide bonds. The van der Waals surface area contributed by atoms with Gasteiger partial charge in [-0.3, -0.25) is 4.79 Å². The minimum Gasteiger partial charge on any atom is -0.339 e. The third-order valence-corrected chi connectivity index (χ3v) is 5.62. The molecule has 1 aliphatic heterocycles. The van der Waals surface area contributed by atoms with E-state index in [2.05, 4.69) is 17.2 Å². The van der Waals surface area contributed by atoms with Crippen LogP contribution in [0, 0.1) is 11.8 Å². The van der Waals surface area contributed by atoms with Crippen LogP contribution in [0.3, 0.4) is 0 Å². The maximum absolute atomic E-state index is 12.8. The molecule has 1 saturated heterocycles. The summed E-state index contributed by atoms with van der Waals surface area (Å²) in [4.78, 5) is 14.7. The molecule has 3 heteroatoms. The highest BCUT2D eigenvalue weighted by Gasteiger charge is 2.26. The highest BCUT2D eigenvalue weighted by molar-refractivity contribution is 5.94. The van der Waals surface area contributed by atoms with E-state index in [1.54, 1.807) is 0 Å². The smallest absolute Gasteiger partial charge is 0.253 e. The van der Waals surface area contributed by atoms with Crippen LogP contribution in [-0.4, -0.2) is 36.0 Å². The highest BCUT2D eigenvalue weighted by atomic mass is 16.2. The zero-order valence-electron chi connectivity index (χ0n) is 17.7. The van der Waals surface area contributed by atoms with Crippen molar-refractivity contribution >= 4 is 5.91 Å². The van der Waals surface area contributed by atoms with E-state index in [0.717, 1.165) is 48.7 Å². The van der Waals surface area contributed by atoms with Gasteiger partial charge in [0.05, 0.1) is 0 Å². The fourth-order valence-corrected chi connectivity index (χ4v) is 3.70. The molecule has 152 valence electrons. The number of carbonyl (C=O) groups excluding carboxylic acids is 1. The fourth-order valence-electron chi connectivity index (χ4n) is 3.70. The van der Waals surface area contributed by atoms with Crippen molar-refractivity contribution in [3.63, 3.8) is 0 Å². The van der Waals surface area contributed by atoms with Crippen molar-refractivity contribution in [2.75, 3.05) is 13.1 Å². The molecule has 29 heavy (non-hydrogen) atoms. The number of likely N-dealkylation sites (tertiary alicyclic amines) is 1. The summed E-state index contributed by atoms with van der Waals surface area (Å²) in [5.74, 6) is 6.45. The van der Waals surface area contributed by atoms with Crippen LogP contribution in [0.25, 0.3) is 0 Å². The van der Waals surface area contributed by atoms with Crippen molar-refractivity contribution in [2.45, 2.75) is 58.0 Å². The van der Waals surface area contributed by atoms with Gasteiger partial charge in [0, 0.05) is 41.9 Å². The predicted molar refractivity (Wildman–Crippen MR) is 120 cm³/mol. The van der Waals surface area contributed by atoms with Crippen LogP contribution in [-0.2, 0) is 0 Å². The van der Waals surface area contributed by atoms with Crippen LogP contribution in [0.1, 0.15) is 67.4 Å². The molecule has 0 atom stereocenters. The van der Waals surface area contributed by atoms with E-state index >= 15 is 0 Å². The Bertz CT molecular complexity index is 821. The summed E-state index contributed by atoms with van der Waals surface area (Å²) in [6.07, 6.45) is 6.11. The van der Waals surface area contributed by atoms with E-state index in [1.165, 1.54) is 19.3 Å². The summed E-state index contributed by atoms with van der Waals surface area (Å²) in [5.41, 5.74) is 2.68. The molecule has 1 saturated carbocycles. The minimum absolute atomic E-state index is 0.139. The molecule has 2 fully saturated rings. The molecule has 1 aliphatic carbocycles. The quantitative estimate of drug-likeness (QED) is 0.762. The van der Waals surface area contributed by atoms with Crippen LogP contribution in [0.5, 0.6) is 0 Å². The molecule has 4 rings (SSSR count). The summed E-state index contributed by atoms with van der Waals surface area (Å²) >= 11 is 0. The van der Waals surface area contributed by atoms with Gasteiger partial charge in [0.15, 0.2) is 0 Å². The van der Waals surface area contributed by atoms with Crippen molar-refractivity contribution < 1.29 is 4.79 Å². The van der Waals surface area contributed by atoms with Gasteiger partial charge in [-0.1, -0.05) is 50.3 Å². The average Bonchev–Trinajstić information content (AvgIpc) is 2.77. The first-order valence-electron chi connectivity index (χ1n) is 11.0. The summed E-state index contributed by atoms with van der Waals surface area (Å²) in [6.45, 7) is 5.69. The van der Waals surface area contributed by atoms with Gasteiger partial charge in [0.1, 0.15) is 0 Å². The highest BCUT2D eigenvalue weighted by Crippen LogP contribution is 2.22. The number of benzene rings is 2. The Kier molecular flexibility index (Phi) is 7.90. The van der Waals surface area contributed by atoms with Crippen LogP contribution >= 0.6 is 0 Å². The van der Waals surface area contributed by atoms with Gasteiger partial charge < -0.3 is 10.2 Å². The third kappa shape index (κ3) is 5.95. The van der Waals surface area contributed by atoms with Crippen molar-refractivity contribution in [3.05, 3.63) is 71.3 Å². The lowest BCUT2D eigenvalue weighted by Crippen LogP contribution is -2.49. The third-order valence-electron chi connectivity index (χ3n) is 5.62. The van der Waals surface area contributed by atoms with Gasteiger partial charge in [-0.25, -0.2) is 0 Å². The first kappa shape index (κ1) is 21.1. The predicted octanol–water partition coefficient (Wildman–Crippen LogP) is 4.86. The molecule has 1 N–H and O–H groups in total. The Morgan fingerprint density at radius 2 is 1.38 bits per heavy atom. The van der Waals surface area contributed by atoms with Crippen LogP contribution < -0.4 is 5.32 Å². The Morgan fingerprint density at radius 3 is 1.93 bits per heavy atom. The second kappa shape index (κ2) is 10.8. The number of hydrogen-bond acceptors (Lipinski definition) is 2. The Balaban J connectivity index is 0.00000117. The molecule has 1 heterocycles. The lowest BCUT2D eigenvalue weighted by molar-refractivity contribution is 0.0697. The molecule has 2 aliphatic rings. The Labute approximate surface area is 175 Å². The molecule has 2 aromatic rings. The summed E-state index contributed by atoms with van der Waals surface area (Å²) < 4.78 is 0. The van der Waals surface area contributed by atoms with Crippen molar-refractivity contribution in [1.82, 2.24) is 10.2 Å². The zero-order chi connectivity index (χ0) is 20.5. The monoisotopic (exact) mass is 388 g/mol. The van der Waals surface area contributed by atoms with Gasteiger partial charge in [-0.05, 0) is 62.1 Å². The number of piperidine rings is 1. The molecule has 2 aromatic carbocycles. The van der Waals surface area contributed by atoms with Crippen LogP contribution in [0.4, 0.5) is 0 Å². The number of amides is 1. The fraction of sp³-hybridized carbons (Fsp3) is 0.423. The second-order valence-electron chi connectivity index (χ2n) is 7.55. The first-order chi connectivity index (χ1) is 14.3.